The van der Waals surface area contributed by atoms with Crippen molar-refractivity contribution in [2.45, 2.75) is 6.92 Å². The number of aryl methyl sites for hydroxylation is 1. The SMILES string of the molecule is CNc1cc(C)ncc1C(=O)Nc1ccc(F)c(Br)c1. The van der Waals surface area contributed by atoms with E-state index in [1.165, 1.54) is 24.4 Å². The molecular weight excluding hydrogens is 325 g/mol. The maximum atomic E-state index is 13.1. The molecule has 1 amide bonds. The van der Waals surface area contributed by atoms with Gasteiger partial charge in [-0.2, -0.15) is 0 Å². The first-order chi connectivity index (χ1) is 9.51. The number of nitrogens with zero attached hydrogens (tertiary/aromatic N) is 1. The van der Waals surface area contributed by atoms with E-state index in [2.05, 4.69) is 31.5 Å². The van der Waals surface area contributed by atoms with E-state index in [4.69, 9.17) is 0 Å². The van der Waals surface area contributed by atoms with E-state index in [1.807, 2.05) is 6.92 Å². The van der Waals surface area contributed by atoms with Gasteiger partial charge in [0.25, 0.3) is 5.91 Å². The van der Waals surface area contributed by atoms with Crippen LogP contribution in [0.25, 0.3) is 0 Å². The Morgan fingerprint density at radius 2 is 2.10 bits per heavy atom. The lowest BCUT2D eigenvalue weighted by Crippen LogP contribution is -2.14. The summed E-state index contributed by atoms with van der Waals surface area (Å²) in [7, 11) is 1.74. The Kier molecular flexibility index (Phi) is 4.34. The fraction of sp³-hybridized carbons (Fsp3) is 0.143. The van der Waals surface area contributed by atoms with Crippen molar-refractivity contribution in [2.75, 3.05) is 17.7 Å². The number of carbonyl (C=O) groups is 1. The maximum Gasteiger partial charge on any atom is 0.259 e. The number of hydrogen-bond donors (Lipinski definition) is 2. The molecule has 2 rings (SSSR count). The molecule has 2 N–H and O–H groups in total. The Hall–Kier alpha value is -1.95. The highest BCUT2D eigenvalue weighted by Crippen LogP contribution is 2.22. The minimum absolute atomic E-state index is 0.297. The fourth-order valence-corrected chi connectivity index (χ4v) is 2.10. The van der Waals surface area contributed by atoms with Crippen LogP contribution in [0.4, 0.5) is 15.8 Å². The summed E-state index contributed by atoms with van der Waals surface area (Å²) in [4.78, 5) is 16.3. The summed E-state index contributed by atoms with van der Waals surface area (Å²) in [5.41, 5.74) is 2.44. The molecule has 20 heavy (non-hydrogen) atoms. The van der Waals surface area contributed by atoms with E-state index < -0.39 is 0 Å². The minimum atomic E-state index is -0.379. The summed E-state index contributed by atoms with van der Waals surface area (Å²) in [6.07, 6.45) is 1.51. The first-order valence-corrected chi connectivity index (χ1v) is 6.71. The highest BCUT2D eigenvalue weighted by Gasteiger charge is 2.12. The van der Waals surface area contributed by atoms with Crippen molar-refractivity contribution in [1.29, 1.82) is 0 Å². The van der Waals surface area contributed by atoms with Crippen molar-refractivity contribution in [1.82, 2.24) is 4.98 Å². The van der Waals surface area contributed by atoms with Gasteiger partial charge in [0, 0.05) is 24.6 Å². The molecule has 0 fully saturated rings. The molecule has 1 aromatic carbocycles. The van der Waals surface area contributed by atoms with E-state index in [0.29, 0.717) is 21.4 Å². The maximum absolute atomic E-state index is 13.1. The molecule has 104 valence electrons. The highest BCUT2D eigenvalue weighted by atomic mass is 79.9. The van der Waals surface area contributed by atoms with Crippen LogP contribution >= 0.6 is 15.9 Å². The number of aromatic nitrogens is 1. The van der Waals surface area contributed by atoms with Gasteiger partial charge in [-0.1, -0.05) is 0 Å². The molecule has 0 unspecified atom stereocenters. The number of anilines is 2. The van der Waals surface area contributed by atoms with Crippen molar-refractivity contribution in [2.24, 2.45) is 0 Å². The molecule has 6 heteroatoms. The van der Waals surface area contributed by atoms with Gasteiger partial charge in [-0.15, -0.1) is 0 Å². The van der Waals surface area contributed by atoms with Gasteiger partial charge in [-0.3, -0.25) is 9.78 Å². The predicted molar refractivity (Wildman–Crippen MR) is 80.6 cm³/mol. The van der Waals surface area contributed by atoms with Crippen molar-refractivity contribution in [3.05, 3.63) is 52.0 Å². The molecule has 4 nitrogen and oxygen atoms in total. The molecule has 0 saturated heterocycles. The predicted octanol–water partition coefficient (Wildman–Crippen LogP) is 3.59. The zero-order valence-corrected chi connectivity index (χ0v) is 12.6. The summed E-state index contributed by atoms with van der Waals surface area (Å²) in [5.74, 6) is -0.684. The van der Waals surface area contributed by atoms with Gasteiger partial charge in [0.05, 0.1) is 15.7 Å². The van der Waals surface area contributed by atoms with Gasteiger partial charge < -0.3 is 10.6 Å². The fourth-order valence-electron chi connectivity index (χ4n) is 1.72. The van der Waals surface area contributed by atoms with Crippen LogP contribution in [0.3, 0.4) is 0 Å². The van der Waals surface area contributed by atoms with Gasteiger partial charge in [0.1, 0.15) is 5.82 Å². The number of amides is 1. The largest absolute Gasteiger partial charge is 0.387 e. The lowest BCUT2D eigenvalue weighted by molar-refractivity contribution is 0.102. The molecule has 0 atom stereocenters. The molecule has 0 aliphatic heterocycles. The van der Waals surface area contributed by atoms with Gasteiger partial charge in [0.2, 0.25) is 0 Å². The smallest absolute Gasteiger partial charge is 0.259 e. The van der Waals surface area contributed by atoms with Gasteiger partial charge in [-0.25, -0.2) is 4.39 Å². The van der Waals surface area contributed by atoms with Crippen LogP contribution in [0.2, 0.25) is 0 Å². The summed E-state index contributed by atoms with van der Waals surface area (Å²) in [6.45, 7) is 1.85. The van der Waals surface area contributed by atoms with Gasteiger partial charge >= 0.3 is 0 Å². The second-order valence-electron chi connectivity index (χ2n) is 4.20. The molecule has 0 saturated carbocycles. The Bertz CT molecular complexity index is 661. The Morgan fingerprint density at radius 1 is 1.35 bits per heavy atom. The van der Waals surface area contributed by atoms with E-state index in [0.717, 1.165) is 5.69 Å². The Morgan fingerprint density at radius 3 is 2.75 bits per heavy atom. The van der Waals surface area contributed by atoms with E-state index in [9.17, 15) is 9.18 Å². The van der Waals surface area contributed by atoms with Crippen LogP contribution < -0.4 is 10.6 Å². The normalized spacial score (nSPS) is 10.2. The average Bonchev–Trinajstić information content (AvgIpc) is 2.42. The zero-order chi connectivity index (χ0) is 14.7. The molecule has 0 bridgehead atoms. The van der Waals surface area contributed by atoms with Gasteiger partial charge in [0.15, 0.2) is 0 Å². The monoisotopic (exact) mass is 337 g/mol. The number of benzene rings is 1. The van der Waals surface area contributed by atoms with E-state index in [-0.39, 0.29) is 11.7 Å². The van der Waals surface area contributed by atoms with Crippen LogP contribution in [0, 0.1) is 12.7 Å². The minimum Gasteiger partial charge on any atom is -0.387 e. The topological polar surface area (TPSA) is 54.0 Å². The van der Waals surface area contributed by atoms with Crippen molar-refractivity contribution < 1.29 is 9.18 Å². The molecule has 0 spiro atoms. The summed E-state index contributed by atoms with van der Waals surface area (Å²) in [5, 5.41) is 5.66. The molecule has 2 aromatic rings. The zero-order valence-electron chi connectivity index (χ0n) is 11.0. The highest BCUT2D eigenvalue weighted by molar-refractivity contribution is 9.10. The quantitative estimate of drug-likeness (QED) is 0.899. The summed E-state index contributed by atoms with van der Waals surface area (Å²) in [6, 6.07) is 6.08. The molecule has 0 aliphatic rings. The van der Waals surface area contributed by atoms with Gasteiger partial charge in [-0.05, 0) is 47.1 Å². The second-order valence-corrected chi connectivity index (χ2v) is 5.06. The van der Waals surface area contributed by atoms with Crippen LogP contribution in [-0.2, 0) is 0 Å². The number of carbonyl (C=O) groups excluding carboxylic acids is 1. The van der Waals surface area contributed by atoms with Crippen molar-refractivity contribution in [3.8, 4) is 0 Å². The van der Waals surface area contributed by atoms with E-state index >= 15 is 0 Å². The number of nitrogens with one attached hydrogen (secondary N) is 2. The average molecular weight is 338 g/mol. The molecular formula is C14H13BrFN3O. The van der Waals surface area contributed by atoms with Crippen LogP contribution in [0.1, 0.15) is 16.1 Å². The first-order valence-electron chi connectivity index (χ1n) is 5.92. The molecule has 1 aromatic heterocycles. The van der Waals surface area contributed by atoms with Crippen LogP contribution in [0.5, 0.6) is 0 Å². The third-order valence-corrected chi connectivity index (χ3v) is 3.34. The van der Waals surface area contributed by atoms with Crippen LogP contribution in [-0.4, -0.2) is 17.9 Å². The number of halogens is 2. The Labute approximate surface area is 124 Å². The lowest BCUT2D eigenvalue weighted by Gasteiger charge is -2.10. The summed E-state index contributed by atoms with van der Waals surface area (Å²) >= 11 is 3.08. The van der Waals surface area contributed by atoms with Crippen LogP contribution in [0.15, 0.2) is 34.9 Å². The second kappa shape index (κ2) is 6.00. The number of rotatable bonds is 3. The van der Waals surface area contributed by atoms with Crippen molar-refractivity contribution >= 4 is 33.2 Å². The standard InChI is InChI=1S/C14H13BrFN3O/c1-8-5-13(17-2)10(7-18-8)14(20)19-9-3-4-12(16)11(15)6-9/h3-7H,1-2H3,(H,17,18)(H,19,20). The third kappa shape index (κ3) is 3.14. The van der Waals surface area contributed by atoms with Crippen molar-refractivity contribution in [3.63, 3.8) is 0 Å². The number of hydrogen-bond acceptors (Lipinski definition) is 3. The molecule has 0 aliphatic carbocycles. The molecule has 0 radical (unpaired) electrons. The first kappa shape index (κ1) is 14.5. The summed E-state index contributed by atoms with van der Waals surface area (Å²) < 4.78 is 13.4. The third-order valence-electron chi connectivity index (χ3n) is 2.73. The molecule has 1 heterocycles. The number of pyridine rings is 1. The lowest BCUT2D eigenvalue weighted by atomic mass is 10.2. The Balaban J connectivity index is 2.25. The van der Waals surface area contributed by atoms with E-state index in [1.54, 1.807) is 13.1 Å².